The summed E-state index contributed by atoms with van der Waals surface area (Å²) in [5, 5.41) is 2.79. The largest absolute Gasteiger partial charge is 0.348 e. The van der Waals surface area contributed by atoms with E-state index in [4.69, 9.17) is 5.73 Å². The smallest absolute Gasteiger partial charge is 0.268 e. The summed E-state index contributed by atoms with van der Waals surface area (Å²) >= 11 is 0. The van der Waals surface area contributed by atoms with E-state index >= 15 is 0 Å². The number of amides is 1. The van der Waals surface area contributed by atoms with Gasteiger partial charge < -0.3 is 16.0 Å². The zero-order chi connectivity index (χ0) is 12.0. The molecule has 0 aliphatic heterocycles. The second-order valence-corrected chi connectivity index (χ2v) is 3.73. The van der Waals surface area contributed by atoms with Crippen molar-refractivity contribution in [2.45, 2.75) is 25.8 Å². The van der Waals surface area contributed by atoms with Gasteiger partial charge in [-0.2, -0.15) is 0 Å². The Labute approximate surface area is 94.1 Å². The highest BCUT2D eigenvalue weighted by Crippen LogP contribution is 1.97. The summed E-state index contributed by atoms with van der Waals surface area (Å²) < 4.78 is 0. The van der Waals surface area contributed by atoms with Crippen LogP contribution < -0.4 is 16.6 Å². The van der Waals surface area contributed by atoms with Crippen molar-refractivity contribution in [2.75, 3.05) is 6.54 Å². The second-order valence-electron chi connectivity index (χ2n) is 3.73. The van der Waals surface area contributed by atoms with Crippen LogP contribution in [0.25, 0.3) is 0 Å². The molecule has 0 saturated carbocycles. The number of rotatable bonds is 5. The average Bonchev–Trinajstić information content (AvgIpc) is 2.26. The first-order valence-electron chi connectivity index (χ1n) is 5.33. The molecule has 0 aromatic carbocycles. The summed E-state index contributed by atoms with van der Waals surface area (Å²) in [5.74, 6) is -0.262. The van der Waals surface area contributed by atoms with E-state index in [2.05, 4.69) is 10.3 Å². The molecule has 0 aliphatic rings. The molecule has 0 bridgehead atoms. The first kappa shape index (κ1) is 12.4. The van der Waals surface area contributed by atoms with Crippen LogP contribution in [0.5, 0.6) is 0 Å². The predicted molar refractivity (Wildman–Crippen MR) is 62.3 cm³/mol. The van der Waals surface area contributed by atoms with E-state index in [1.165, 1.54) is 6.07 Å². The number of nitrogens with two attached hydrogens (primary N) is 1. The quantitative estimate of drug-likeness (QED) is 0.667. The molecule has 0 aliphatic carbocycles. The van der Waals surface area contributed by atoms with E-state index in [1.54, 1.807) is 12.1 Å². The lowest BCUT2D eigenvalue weighted by Crippen LogP contribution is -2.34. The van der Waals surface area contributed by atoms with Gasteiger partial charge in [0, 0.05) is 12.1 Å². The number of nitrogens with one attached hydrogen (secondary N) is 2. The highest BCUT2D eigenvalue weighted by Gasteiger charge is 2.09. The van der Waals surface area contributed by atoms with Gasteiger partial charge in [-0.3, -0.25) is 9.59 Å². The Kier molecular flexibility index (Phi) is 4.72. The molecule has 1 rings (SSSR count). The number of aromatic amines is 1. The zero-order valence-corrected chi connectivity index (χ0v) is 9.32. The van der Waals surface area contributed by atoms with E-state index in [0.29, 0.717) is 6.54 Å². The second kappa shape index (κ2) is 6.07. The topological polar surface area (TPSA) is 88.0 Å². The molecule has 88 valence electrons. The molecule has 1 heterocycles. The summed E-state index contributed by atoms with van der Waals surface area (Å²) in [6.07, 6.45) is 1.70. The molecule has 0 spiro atoms. The van der Waals surface area contributed by atoms with Crippen LogP contribution in [0.1, 0.15) is 30.3 Å². The third kappa shape index (κ3) is 3.86. The van der Waals surface area contributed by atoms with Crippen molar-refractivity contribution >= 4 is 5.91 Å². The molecule has 1 aromatic rings. The van der Waals surface area contributed by atoms with Crippen molar-refractivity contribution in [1.82, 2.24) is 10.3 Å². The van der Waals surface area contributed by atoms with Crippen LogP contribution in [0.3, 0.4) is 0 Å². The Morgan fingerprint density at radius 2 is 2.31 bits per heavy atom. The number of hydrogen-bond acceptors (Lipinski definition) is 3. The fourth-order valence-corrected chi connectivity index (χ4v) is 1.38. The predicted octanol–water partition coefficient (Wildman–Crippen LogP) is 0.232. The average molecular weight is 223 g/mol. The summed E-state index contributed by atoms with van der Waals surface area (Å²) in [5.41, 5.74) is 5.39. The first-order valence-corrected chi connectivity index (χ1v) is 5.33. The zero-order valence-electron chi connectivity index (χ0n) is 9.32. The van der Waals surface area contributed by atoms with Gasteiger partial charge in [0.2, 0.25) is 5.56 Å². The molecule has 1 unspecified atom stereocenters. The van der Waals surface area contributed by atoms with Crippen molar-refractivity contribution in [3.63, 3.8) is 0 Å². The summed E-state index contributed by atoms with van der Waals surface area (Å²) in [6.45, 7) is 2.52. The van der Waals surface area contributed by atoms with Gasteiger partial charge in [-0.25, -0.2) is 0 Å². The van der Waals surface area contributed by atoms with Crippen molar-refractivity contribution in [2.24, 2.45) is 5.73 Å². The molecule has 0 radical (unpaired) electrons. The van der Waals surface area contributed by atoms with Gasteiger partial charge >= 0.3 is 0 Å². The van der Waals surface area contributed by atoms with Gasteiger partial charge in [-0.05, 0) is 32.4 Å². The number of aromatic nitrogens is 1. The van der Waals surface area contributed by atoms with Gasteiger partial charge in [0.1, 0.15) is 5.69 Å². The fraction of sp³-hybridized carbons (Fsp3) is 0.455. The molecular formula is C11H17N3O2. The molecule has 1 atom stereocenters. The number of carbonyl (C=O) groups is 1. The minimum Gasteiger partial charge on any atom is -0.348 e. The van der Waals surface area contributed by atoms with Gasteiger partial charge in [0.05, 0.1) is 0 Å². The maximum atomic E-state index is 11.7. The molecule has 5 heteroatoms. The van der Waals surface area contributed by atoms with E-state index < -0.39 is 0 Å². The van der Waals surface area contributed by atoms with Crippen molar-refractivity contribution < 1.29 is 4.79 Å². The van der Waals surface area contributed by atoms with Crippen LogP contribution in [0, 0.1) is 0 Å². The van der Waals surface area contributed by atoms with Gasteiger partial charge in [0.25, 0.3) is 5.91 Å². The Morgan fingerprint density at radius 3 is 2.94 bits per heavy atom. The van der Waals surface area contributed by atoms with Crippen molar-refractivity contribution in [1.29, 1.82) is 0 Å². The van der Waals surface area contributed by atoms with Crippen LogP contribution in [-0.2, 0) is 0 Å². The number of hydrogen-bond donors (Lipinski definition) is 3. The van der Waals surface area contributed by atoms with E-state index in [9.17, 15) is 9.59 Å². The number of H-pyrrole nitrogens is 1. The molecule has 1 amide bonds. The molecule has 0 fully saturated rings. The van der Waals surface area contributed by atoms with Gasteiger partial charge in [0.15, 0.2) is 0 Å². The maximum Gasteiger partial charge on any atom is 0.268 e. The lowest BCUT2D eigenvalue weighted by Gasteiger charge is -2.12. The SMILES string of the molecule is CC(CCCN)NC(=O)c1cccc(=O)[nH]1. The van der Waals surface area contributed by atoms with Crippen LogP contribution in [0.4, 0.5) is 0 Å². The highest BCUT2D eigenvalue weighted by atomic mass is 16.2. The van der Waals surface area contributed by atoms with Gasteiger partial charge in [-0.15, -0.1) is 0 Å². The van der Waals surface area contributed by atoms with E-state index in [-0.39, 0.29) is 23.2 Å². The molecule has 4 N–H and O–H groups in total. The summed E-state index contributed by atoms with van der Waals surface area (Å²) in [4.78, 5) is 25.1. The summed E-state index contributed by atoms with van der Waals surface area (Å²) in [6, 6.07) is 4.55. The third-order valence-electron chi connectivity index (χ3n) is 2.23. The lowest BCUT2D eigenvalue weighted by atomic mass is 10.2. The fourth-order valence-electron chi connectivity index (χ4n) is 1.38. The van der Waals surface area contributed by atoms with Gasteiger partial charge in [-0.1, -0.05) is 6.07 Å². The van der Waals surface area contributed by atoms with E-state index in [0.717, 1.165) is 12.8 Å². The standard InChI is InChI=1S/C11H17N3O2/c1-8(4-3-7-12)13-11(16)9-5-2-6-10(15)14-9/h2,5-6,8H,3-4,7,12H2,1H3,(H,13,16)(H,14,15). The minimum atomic E-state index is -0.276. The molecular weight excluding hydrogens is 206 g/mol. The normalized spacial score (nSPS) is 12.1. The first-order chi connectivity index (χ1) is 7.63. The Morgan fingerprint density at radius 1 is 1.56 bits per heavy atom. The van der Waals surface area contributed by atoms with Crippen LogP contribution in [0.15, 0.2) is 23.0 Å². The monoisotopic (exact) mass is 223 g/mol. The third-order valence-corrected chi connectivity index (χ3v) is 2.23. The maximum absolute atomic E-state index is 11.7. The van der Waals surface area contributed by atoms with E-state index in [1.807, 2.05) is 6.92 Å². The van der Waals surface area contributed by atoms with Crippen LogP contribution in [0.2, 0.25) is 0 Å². The number of pyridine rings is 1. The molecule has 0 saturated heterocycles. The van der Waals surface area contributed by atoms with Crippen molar-refractivity contribution in [3.05, 3.63) is 34.2 Å². The molecule has 5 nitrogen and oxygen atoms in total. The summed E-state index contributed by atoms with van der Waals surface area (Å²) in [7, 11) is 0. The molecule has 1 aromatic heterocycles. The number of carbonyl (C=O) groups excluding carboxylic acids is 1. The van der Waals surface area contributed by atoms with Crippen LogP contribution >= 0.6 is 0 Å². The Bertz CT molecular complexity index is 400. The Hall–Kier alpha value is -1.62. The van der Waals surface area contributed by atoms with Crippen molar-refractivity contribution in [3.8, 4) is 0 Å². The highest BCUT2D eigenvalue weighted by molar-refractivity contribution is 5.92. The minimum absolute atomic E-state index is 0.0553. The lowest BCUT2D eigenvalue weighted by molar-refractivity contribution is 0.0933. The van der Waals surface area contributed by atoms with Crippen LogP contribution in [-0.4, -0.2) is 23.5 Å². The Balaban J connectivity index is 2.55. The molecule has 16 heavy (non-hydrogen) atoms.